The minimum atomic E-state index is -4.64. The molecule has 1 unspecified atom stereocenters. The summed E-state index contributed by atoms with van der Waals surface area (Å²) in [6, 6.07) is 3.16. The van der Waals surface area contributed by atoms with Gasteiger partial charge in [0.05, 0.1) is 16.6 Å². The third-order valence-corrected chi connectivity index (χ3v) is 8.68. The fourth-order valence-corrected chi connectivity index (χ4v) is 6.67. The van der Waals surface area contributed by atoms with Crippen molar-refractivity contribution in [2.45, 2.75) is 74.2 Å². The first-order valence-corrected chi connectivity index (χ1v) is 13.4. The first-order valence-electron chi connectivity index (χ1n) is 11.9. The molecule has 0 bridgehead atoms. The van der Waals surface area contributed by atoms with E-state index in [4.69, 9.17) is 4.74 Å². The second-order valence-corrected chi connectivity index (χ2v) is 11.2. The molecular formula is C23H30F3N3O5S. The number of sulfonamides is 1. The molecule has 2 saturated heterocycles. The van der Waals surface area contributed by atoms with Crippen molar-refractivity contribution in [2.24, 2.45) is 0 Å². The van der Waals surface area contributed by atoms with Crippen molar-refractivity contribution < 1.29 is 35.9 Å². The molecule has 3 aliphatic rings. The van der Waals surface area contributed by atoms with E-state index in [0.717, 1.165) is 25.0 Å². The number of carbonyl (C=O) groups is 2. The van der Waals surface area contributed by atoms with Gasteiger partial charge in [0.2, 0.25) is 21.8 Å². The van der Waals surface area contributed by atoms with Gasteiger partial charge >= 0.3 is 6.18 Å². The Morgan fingerprint density at radius 3 is 2.37 bits per heavy atom. The summed E-state index contributed by atoms with van der Waals surface area (Å²) in [6.45, 7) is 1.61. The summed E-state index contributed by atoms with van der Waals surface area (Å²) < 4.78 is 72.9. The second kappa shape index (κ2) is 10.4. The van der Waals surface area contributed by atoms with Crippen LogP contribution in [0.25, 0.3) is 0 Å². The van der Waals surface area contributed by atoms with Gasteiger partial charge in [-0.1, -0.05) is 6.07 Å². The van der Waals surface area contributed by atoms with Crippen LogP contribution in [0.4, 0.5) is 13.2 Å². The molecule has 8 nitrogen and oxygen atoms in total. The summed E-state index contributed by atoms with van der Waals surface area (Å²) in [5, 5.41) is 2.72. The smallest absolute Gasteiger partial charge is 0.376 e. The maximum atomic E-state index is 13.3. The van der Waals surface area contributed by atoms with Gasteiger partial charge in [-0.25, -0.2) is 8.42 Å². The molecule has 1 atom stereocenters. The number of hydrogen-bond acceptors (Lipinski definition) is 5. The van der Waals surface area contributed by atoms with Gasteiger partial charge in [-0.3, -0.25) is 9.59 Å². The Morgan fingerprint density at radius 1 is 1.09 bits per heavy atom. The molecule has 12 heteroatoms. The zero-order valence-electron chi connectivity index (χ0n) is 19.3. The van der Waals surface area contributed by atoms with E-state index in [2.05, 4.69) is 5.32 Å². The van der Waals surface area contributed by atoms with Crippen LogP contribution in [-0.2, 0) is 30.5 Å². The Bertz CT molecular complexity index is 1030. The Kier molecular flexibility index (Phi) is 7.72. The highest BCUT2D eigenvalue weighted by Gasteiger charge is 2.44. The number of ether oxygens (including phenoxy) is 1. The van der Waals surface area contributed by atoms with Gasteiger partial charge in [0.1, 0.15) is 6.42 Å². The molecule has 1 aliphatic carbocycles. The number of piperidine rings is 1. The highest BCUT2D eigenvalue weighted by molar-refractivity contribution is 7.89. The van der Waals surface area contributed by atoms with Crippen LogP contribution >= 0.6 is 0 Å². The summed E-state index contributed by atoms with van der Waals surface area (Å²) in [5.41, 5.74) is -1.01. The highest BCUT2D eigenvalue weighted by atomic mass is 32.2. The number of nitrogens with one attached hydrogen (secondary N) is 1. The van der Waals surface area contributed by atoms with Crippen LogP contribution in [0.5, 0.6) is 0 Å². The largest absolute Gasteiger partial charge is 0.416 e. The van der Waals surface area contributed by atoms with Gasteiger partial charge in [0.25, 0.3) is 0 Å². The molecule has 2 aliphatic heterocycles. The number of carbonyl (C=O) groups excluding carboxylic acids is 2. The molecule has 0 spiro atoms. The number of likely N-dealkylation sites (tertiary alicyclic amines) is 1. The number of hydrogen-bond donors (Lipinski definition) is 1. The van der Waals surface area contributed by atoms with Crippen LogP contribution in [-0.4, -0.2) is 73.9 Å². The van der Waals surface area contributed by atoms with E-state index in [1.807, 2.05) is 0 Å². The Balaban J connectivity index is 1.35. The molecule has 1 aromatic carbocycles. The minimum Gasteiger partial charge on any atom is -0.376 e. The van der Waals surface area contributed by atoms with Gasteiger partial charge in [-0.05, 0) is 56.7 Å². The van der Waals surface area contributed by atoms with Crippen LogP contribution in [0, 0.1) is 0 Å². The first-order chi connectivity index (χ1) is 16.6. The van der Waals surface area contributed by atoms with E-state index < -0.39 is 27.8 Å². The number of alkyl halides is 3. The maximum absolute atomic E-state index is 13.3. The van der Waals surface area contributed by atoms with Crippen molar-refractivity contribution >= 4 is 21.8 Å². The number of nitrogens with zero attached hydrogens (tertiary/aromatic N) is 2. The molecular weight excluding hydrogens is 487 g/mol. The van der Waals surface area contributed by atoms with Crippen LogP contribution in [0.15, 0.2) is 29.2 Å². The van der Waals surface area contributed by atoms with Crippen molar-refractivity contribution in [1.29, 1.82) is 0 Å². The fraction of sp³-hybridized carbons (Fsp3) is 0.652. The standard InChI is InChI=1S/C23H30F3N3O5S/c24-23(25,26)16-3-1-5-20(13-16)35(32,33)29(17-6-7-17)18-8-10-28(11-9-18)22(31)14-21(30)27-15-19-4-2-12-34-19/h1,3,5,13,17-19H,2,4,6-12,14-15H2,(H,27,30). The average Bonchev–Trinajstić information content (AvgIpc) is 3.49. The molecule has 4 rings (SSSR count). The SMILES string of the molecule is O=C(CC(=O)N1CCC(N(C2CC2)S(=O)(=O)c2cccc(C(F)(F)F)c2)CC1)NCC1CCCO1. The summed E-state index contributed by atoms with van der Waals surface area (Å²) in [4.78, 5) is 25.9. The Hall–Kier alpha value is -2.18. The predicted octanol–water partition coefficient (Wildman–Crippen LogP) is 2.53. The highest BCUT2D eigenvalue weighted by Crippen LogP contribution is 2.38. The topological polar surface area (TPSA) is 96.0 Å². The van der Waals surface area contributed by atoms with Crippen molar-refractivity contribution in [3.63, 3.8) is 0 Å². The van der Waals surface area contributed by atoms with E-state index in [1.54, 1.807) is 4.90 Å². The van der Waals surface area contributed by atoms with Gasteiger partial charge < -0.3 is 15.0 Å². The van der Waals surface area contributed by atoms with Crippen molar-refractivity contribution in [3.8, 4) is 0 Å². The molecule has 2 heterocycles. The monoisotopic (exact) mass is 517 g/mol. The van der Waals surface area contributed by atoms with Crippen LogP contribution < -0.4 is 5.32 Å². The van der Waals surface area contributed by atoms with Crippen LogP contribution in [0.2, 0.25) is 0 Å². The number of amides is 2. The quantitative estimate of drug-likeness (QED) is 0.535. The molecule has 1 saturated carbocycles. The number of benzene rings is 1. The van der Waals surface area contributed by atoms with Crippen molar-refractivity contribution in [1.82, 2.24) is 14.5 Å². The first kappa shape index (κ1) is 25.9. The molecule has 0 aromatic heterocycles. The Morgan fingerprint density at radius 2 is 1.77 bits per heavy atom. The van der Waals surface area contributed by atoms with Gasteiger partial charge in [0, 0.05) is 38.3 Å². The summed E-state index contributed by atoms with van der Waals surface area (Å²) in [7, 11) is -4.14. The van der Waals surface area contributed by atoms with Crippen LogP contribution in [0.3, 0.4) is 0 Å². The van der Waals surface area contributed by atoms with Gasteiger partial charge in [0.15, 0.2) is 0 Å². The lowest BCUT2D eigenvalue weighted by Crippen LogP contribution is -2.50. The van der Waals surface area contributed by atoms with Gasteiger partial charge in [-0.15, -0.1) is 0 Å². The van der Waals surface area contributed by atoms with E-state index in [9.17, 15) is 31.2 Å². The normalized spacial score (nSPS) is 21.9. The van der Waals surface area contributed by atoms with Gasteiger partial charge in [-0.2, -0.15) is 17.5 Å². The van der Waals surface area contributed by atoms with Crippen molar-refractivity contribution in [2.75, 3.05) is 26.2 Å². The minimum absolute atomic E-state index is 0.0167. The Labute approximate surface area is 202 Å². The lowest BCUT2D eigenvalue weighted by molar-refractivity contribution is -0.138. The molecule has 35 heavy (non-hydrogen) atoms. The predicted molar refractivity (Wildman–Crippen MR) is 120 cm³/mol. The summed E-state index contributed by atoms with van der Waals surface area (Å²) in [5.74, 6) is -0.702. The number of halogens is 3. The maximum Gasteiger partial charge on any atom is 0.416 e. The molecule has 1 N–H and O–H groups in total. The van der Waals surface area contributed by atoms with Crippen molar-refractivity contribution in [3.05, 3.63) is 29.8 Å². The van der Waals surface area contributed by atoms with E-state index in [-0.39, 0.29) is 48.4 Å². The zero-order valence-corrected chi connectivity index (χ0v) is 20.1. The lowest BCUT2D eigenvalue weighted by Gasteiger charge is -2.38. The fourth-order valence-electron chi connectivity index (χ4n) is 4.69. The van der Waals surface area contributed by atoms with E-state index >= 15 is 0 Å². The van der Waals surface area contributed by atoms with Crippen LogP contribution in [0.1, 0.15) is 50.5 Å². The third kappa shape index (κ3) is 6.34. The summed E-state index contributed by atoms with van der Waals surface area (Å²) >= 11 is 0. The zero-order chi connectivity index (χ0) is 25.2. The molecule has 1 aromatic rings. The average molecular weight is 518 g/mol. The molecule has 2 amide bonds. The third-order valence-electron chi connectivity index (χ3n) is 6.68. The summed E-state index contributed by atoms with van der Waals surface area (Å²) in [6.07, 6.45) is -1.08. The van der Waals surface area contributed by atoms with E-state index in [1.165, 1.54) is 10.4 Å². The lowest BCUT2D eigenvalue weighted by atomic mass is 10.0. The molecule has 3 fully saturated rings. The van der Waals surface area contributed by atoms with E-state index in [0.29, 0.717) is 44.9 Å². The number of rotatable bonds is 8. The molecule has 0 radical (unpaired) electrons. The molecule has 194 valence electrons. The second-order valence-electron chi connectivity index (χ2n) is 9.32.